The molecule has 0 saturated heterocycles. The number of para-hydroxylation sites is 2. The molecule has 156 valence electrons. The molecule has 0 aliphatic carbocycles. The molecular formula is C30H19B2NS. The topological polar surface area (TPSA) is 3.24 Å². The van der Waals surface area contributed by atoms with Gasteiger partial charge in [-0.25, -0.2) is 0 Å². The normalized spacial score (nSPS) is 14.2. The molecule has 0 N–H and O–H groups in total. The van der Waals surface area contributed by atoms with Crippen molar-refractivity contribution in [1.82, 2.24) is 0 Å². The van der Waals surface area contributed by atoms with Crippen LogP contribution in [0.15, 0.2) is 125 Å². The van der Waals surface area contributed by atoms with Crippen molar-refractivity contribution in [2.45, 2.75) is 9.79 Å². The van der Waals surface area contributed by atoms with E-state index in [1.165, 1.54) is 59.6 Å². The molecule has 5 aromatic carbocycles. The minimum absolute atomic E-state index is 0.249. The third kappa shape index (κ3) is 2.39. The molecule has 0 bridgehead atoms. The van der Waals surface area contributed by atoms with E-state index in [4.69, 9.17) is 0 Å². The Morgan fingerprint density at radius 2 is 1.03 bits per heavy atom. The highest BCUT2D eigenvalue weighted by Crippen LogP contribution is 2.37. The van der Waals surface area contributed by atoms with E-state index >= 15 is 0 Å². The van der Waals surface area contributed by atoms with Crippen LogP contribution in [-0.4, -0.2) is 13.4 Å². The van der Waals surface area contributed by atoms with Crippen molar-refractivity contribution >= 4 is 75.0 Å². The van der Waals surface area contributed by atoms with E-state index in [9.17, 15) is 0 Å². The van der Waals surface area contributed by atoms with E-state index in [2.05, 4.69) is 120 Å². The summed E-state index contributed by atoms with van der Waals surface area (Å²) >= 11 is 1.93. The van der Waals surface area contributed by atoms with Crippen LogP contribution < -0.4 is 37.7 Å². The first-order valence-corrected chi connectivity index (χ1v) is 12.7. The molecule has 0 fully saturated rings. The summed E-state index contributed by atoms with van der Waals surface area (Å²) in [5.74, 6) is 0. The maximum atomic E-state index is 2.46. The van der Waals surface area contributed by atoms with Crippen LogP contribution in [0, 0.1) is 0 Å². The molecule has 0 radical (unpaired) electrons. The molecule has 34 heavy (non-hydrogen) atoms. The van der Waals surface area contributed by atoms with Gasteiger partial charge in [-0.2, -0.15) is 0 Å². The van der Waals surface area contributed by atoms with Gasteiger partial charge in [0, 0.05) is 26.9 Å². The summed E-state index contributed by atoms with van der Waals surface area (Å²) in [5.41, 5.74) is 12.5. The fraction of sp³-hybridized carbons (Fsp3) is 0. The van der Waals surface area contributed by atoms with E-state index in [0.29, 0.717) is 0 Å². The molecular weight excluding hydrogens is 428 g/mol. The van der Waals surface area contributed by atoms with E-state index in [0.717, 1.165) is 0 Å². The van der Waals surface area contributed by atoms with Gasteiger partial charge < -0.3 is 4.90 Å². The Morgan fingerprint density at radius 3 is 1.91 bits per heavy atom. The molecule has 0 atom stereocenters. The minimum Gasteiger partial charge on any atom is -0.312 e. The number of benzene rings is 5. The third-order valence-corrected chi connectivity index (χ3v) is 8.78. The third-order valence-electron chi connectivity index (χ3n) is 7.61. The van der Waals surface area contributed by atoms with Gasteiger partial charge in [0.15, 0.2) is 0 Å². The van der Waals surface area contributed by atoms with Gasteiger partial charge in [0.25, 0.3) is 0 Å². The molecule has 3 heterocycles. The Morgan fingerprint density at radius 1 is 0.441 bits per heavy atom. The zero-order valence-corrected chi connectivity index (χ0v) is 19.3. The first-order valence-electron chi connectivity index (χ1n) is 11.9. The lowest BCUT2D eigenvalue weighted by molar-refractivity contribution is 1.29. The highest BCUT2D eigenvalue weighted by atomic mass is 32.2. The van der Waals surface area contributed by atoms with Gasteiger partial charge in [-0.15, -0.1) is 0 Å². The van der Waals surface area contributed by atoms with Crippen molar-refractivity contribution in [3.63, 3.8) is 0 Å². The van der Waals surface area contributed by atoms with Crippen LogP contribution in [-0.2, 0) is 0 Å². The predicted octanol–water partition coefficient (Wildman–Crippen LogP) is 3.28. The van der Waals surface area contributed by atoms with E-state index in [1.54, 1.807) is 0 Å². The van der Waals surface area contributed by atoms with Crippen molar-refractivity contribution in [1.29, 1.82) is 0 Å². The van der Waals surface area contributed by atoms with Gasteiger partial charge in [0.2, 0.25) is 13.4 Å². The summed E-state index contributed by atoms with van der Waals surface area (Å²) in [6.07, 6.45) is 0. The molecule has 1 nitrogen and oxygen atoms in total. The second kappa shape index (κ2) is 6.94. The average Bonchev–Trinajstić information content (AvgIpc) is 2.90. The SMILES string of the molecule is c1ccc(N2c3ccccc3B3c4cccc5c4B(c4ccccc4S5)c4cccc2c43)cc1. The molecule has 0 spiro atoms. The van der Waals surface area contributed by atoms with Gasteiger partial charge in [-0.05, 0) is 47.3 Å². The molecule has 4 heteroatoms. The summed E-state index contributed by atoms with van der Waals surface area (Å²) in [7, 11) is 0. The van der Waals surface area contributed by atoms with Crippen LogP contribution in [0.4, 0.5) is 17.1 Å². The van der Waals surface area contributed by atoms with Crippen LogP contribution in [0.1, 0.15) is 0 Å². The molecule has 5 aromatic rings. The van der Waals surface area contributed by atoms with Crippen LogP contribution >= 0.6 is 11.8 Å². The fourth-order valence-electron chi connectivity index (χ4n) is 6.35. The summed E-state index contributed by atoms with van der Waals surface area (Å²) in [6.45, 7) is 0.525. The van der Waals surface area contributed by atoms with Crippen LogP contribution in [0.2, 0.25) is 0 Å². The first kappa shape index (κ1) is 18.8. The highest BCUT2D eigenvalue weighted by Gasteiger charge is 2.46. The Balaban J connectivity index is 1.50. The van der Waals surface area contributed by atoms with E-state index in [1.807, 2.05) is 11.8 Å². The molecule has 0 amide bonds. The minimum atomic E-state index is 0.249. The van der Waals surface area contributed by atoms with Gasteiger partial charge in [-0.1, -0.05) is 112 Å². The average molecular weight is 447 g/mol. The number of anilines is 3. The van der Waals surface area contributed by atoms with Crippen LogP contribution in [0.25, 0.3) is 0 Å². The van der Waals surface area contributed by atoms with Crippen molar-refractivity contribution in [2.75, 3.05) is 4.90 Å². The number of hydrogen-bond donors (Lipinski definition) is 0. The smallest absolute Gasteiger partial charge is 0.245 e. The Labute approximate surface area is 204 Å². The maximum Gasteiger partial charge on any atom is 0.245 e. The van der Waals surface area contributed by atoms with Crippen LogP contribution in [0.3, 0.4) is 0 Å². The molecule has 8 rings (SSSR count). The first-order chi connectivity index (χ1) is 16.9. The van der Waals surface area contributed by atoms with E-state index in [-0.39, 0.29) is 13.4 Å². The van der Waals surface area contributed by atoms with Gasteiger partial charge in [-0.3, -0.25) is 0 Å². The monoisotopic (exact) mass is 447 g/mol. The van der Waals surface area contributed by atoms with Gasteiger partial charge in [0.05, 0.1) is 0 Å². The maximum absolute atomic E-state index is 2.46. The number of hydrogen-bond acceptors (Lipinski definition) is 2. The summed E-state index contributed by atoms with van der Waals surface area (Å²) in [6, 6.07) is 42.6. The fourth-order valence-corrected chi connectivity index (χ4v) is 7.53. The lowest BCUT2D eigenvalue weighted by Crippen LogP contribution is -2.77. The lowest BCUT2D eigenvalue weighted by Gasteiger charge is -2.43. The largest absolute Gasteiger partial charge is 0.312 e. The second-order valence-corrected chi connectivity index (χ2v) is 10.4. The summed E-state index contributed by atoms with van der Waals surface area (Å²) in [4.78, 5) is 5.24. The number of rotatable bonds is 1. The van der Waals surface area contributed by atoms with Crippen molar-refractivity contribution in [3.05, 3.63) is 115 Å². The number of fused-ring (bicyclic) bond motifs is 6. The quantitative estimate of drug-likeness (QED) is 0.356. The lowest BCUT2D eigenvalue weighted by atomic mass is 9.20. The molecule has 3 aliphatic rings. The zero-order chi connectivity index (χ0) is 22.2. The summed E-state index contributed by atoms with van der Waals surface area (Å²) in [5, 5.41) is 0. The Bertz CT molecular complexity index is 1610. The van der Waals surface area contributed by atoms with Crippen molar-refractivity contribution in [3.8, 4) is 0 Å². The molecule has 0 unspecified atom stereocenters. The molecule has 0 saturated carbocycles. The summed E-state index contributed by atoms with van der Waals surface area (Å²) < 4.78 is 0. The van der Waals surface area contributed by atoms with Gasteiger partial charge in [0.1, 0.15) is 0 Å². The Hall–Kier alpha value is -3.62. The predicted molar refractivity (Wildman–Crippen MR) is 147 cm³/mol. The molecule has 3 aliphatic heterocycles. The highest BCUT2D eigenvalue weighted by molar-refractivity contribution is 8.00. The van der Waals surface area contributed by atoms with E-state index < -0.39 is 0 Å². The zero-order valence-electron chi connectivity index (χ0n) is 18.5. The number of nitrogens with zero attached hydrogens (tertiary/aromatic N) is 1. The Kier molecular flexibility index (Phi) is 3.83. The van der Waals surface area contributed by atoms with Crippen molar-refractivity contribution < 1.29 is 0 Å². The van der Waals surface area contributed by atoms with Gasteiger partial charge >= 0.3 is 0 Å². The van der Waals surface area contributed by atoms with Crippen LogP contribution in [0.5, 0.6) is 0 Å². The van der Waals surface area contributed by atoms with Crippen molar-refractivity contribution in [2.24, 2.45) is 0 Å². The molecule has 0 aromatic heterocycles. The second-order valence-electron chi connectivity index (χ2n) is 9.27. The standard InChI is InChI=1S/C30H19B2NS/c1-2-10-20(11-3-1)33-25-16-6-4-12-21(25)31-24-15-9-19-28-30(24)32(22-13-5-7-18-27(22)34-28)23-14-8-17-26(33)29(23)31/h1-19H.